The highest BCUT2D eigenvalue weighted by atomic mass is 15.3. The van der Waals surface area contributed by atoms with Crippen molar-refractivity contribution in [1.82, 2.24) is 14.8 Å². The van der Waals surface area contributed by atoms with Gasteiger partial charge in [-0.1, -0.05) is 54.6 Å². The van der Waals surface area contributed by atoms with Gasteiger partial charge < -0.3 is 0 Å². The lowest BCUT2D eigenvalue weighted by atomic mass is 10.0. The van der Waals surface area contributed by atoms with Gasteiger partial charge in [-0.15, -0.1) is 0 Å². The lowest BCUT2D eigenvalue weighted by Crippen LogP contribution is -2.00. The third-order valence-corrected chi connectivity index (χ3v) is 3.97. The van der Waals surface area contributed by atoms with Gasteiger partial charge in [0.05, 0.1) is 12.2 Å². The van der Waals surface area contributed by atoms with Crippen LogP contribution in [0.3, 0.4) is 0 Å². The summed E-state index contributed by atoms with van der Waals surface area (Å²) in [5.74, 6) is 0. The standard InChI is InChI=1S/C21H17N3/c1-2-7-18(8-3-1)19-9-4-10-20(14-19)21-11-13-24(23-21)16-17-6-5-12-22-15-17/h1-15H,16H2. The summed E-state index contributed by atoms with van der Waals surface area (Å²) < 4.78 is 1.95. The lowest BCUT2D eigenvalue weighted by molar-refractivity contribution is 0.687. The molecule has 24 heavy (non-hydrogen) atoms. The van der Waals surface area contributed by atoms with Crippen molar-refractivity contribution in [3.05, 3.63) is 97.0 Å². The summed E-state index contributed by atoms with van der Waals surface area (Å²) in [5, 5.41) is 4.70. The fourth-order valence-corrected chi connectivity index (χ4v) is 2.77. The minimum atomic E-state index is 0.728. The quantitative estimate of drug-likeness (QED) is 0.549. The topological polar surface area (TPSA) is 30.7 Å². The molecule has 3 heteroatoms. The highest BCUT2D eigenvalue weighted by molar-refractivity contribution is 5.71. The van der Waals surface area contributed by atoms with Gasteiger partial charge in [-0.2, -0.15) is 5.10 Å². The number of nitrogens with zero attached hydrogens (tertiary/aromatic N) is 3. The van der Waals surface area contributed by atoms with Gasteiger partial charge in [-0.25, -0.2) is 0 Å². The van der Waals surface area contributed by atoms with Gasteiger partial charge in [-0.05, 0) is 34.9 Å². The van der Waals surface area contributed by atoms with Crippen molar-refractivity contribution >= 4 is 0 Å². The molecule has 0 N–H and O–H groups in total. The van der Waals surface area contributed by atoms with Crippen LogP contribution in [0.4, 0.5) is 0 Å². The molecule has 116 valence electrons. The third-order valence-electron chi connectivity index (χ3n) is 3.97. The van der Waals surface area contributed by atoms with Crippen molar-refractivity contribution in [3.63, 3.8) is 0 Å². The molecule has 0 unspecified atom stereocenters. The average Bonchev–Trinajstić information content (AvgIpc) is 3.12. The van der Waals surface area contributed by atoms with Crippen molar-refractivity contribution in [2.45, 2.75) is 6.54 Å². The van der Waals surface area contributed by atoms with E-state index in [4.69, 9.17) is 5.10 Å². The SMILES string of the molecule is c1ccc(-c2cccc(-c3ccn(Cc4cccnc4)n3)c2)cc1. The molecule has 4 rings (SSSR count). The number of pyridine rings is 1. The summed E-state index contributed by atoms with van der Waals surface area (Å²) in [5.41, 5.74) is 5.67. The minimum absolute atomic E-state index is 0.728. The van der Waals surface area contributed by atoms with Gasteiger partial charge in [0.2, 0.25) is 0 Å². The first-order valence-corrected chi connectivity index (χ1v) is 7.97. The van der Waals surface area contributed by atoms with E-state index >= 15 is 0 Å². The molecule has 3 nitrogen and oxygen atoms in total. The van der Waals surface area contributed by atoms with E-state index in [0.717, 1.165) is 23.4 Å². The summed E-state index contributed by atoms with van der Waals surface area (Å²) in [6.07, 6.45) is 5.67. The summed E-state index contributed by atoms with van der Waals surface area (Å²) in [6.45, 7) is 0.728. The first-order chi connectivity index (χ1) is 11.9. The van der Waals surface area contributed by atoms with Gasteiger partial charge in [0.15, 0.2) is 0 Å². The van der Waals surface area contributed by atoms with Crippen LogP contribution in [-0.4, -0.2) is 14.8 Å². The molecule has 2 heterocycles. The van der Waals surface area contributed by atoms with E-state index in [2.05, 4.69) is 65.6 Å². The van der Waals surface area contributed by atoms with Crippen LogP contribution in [0, 0.1) is 0 Å². The van der Waals surface area contributed by atoms with Crippen LogP contribution in [0.5, 0.6) is 0 Å². The first-order valence-electron chi connectivity index (χ1n) is 7.97. The monoisotopic (exact) mass is 311 g/mol. The summed E-state index contributed by atoms with van der Waals surface area (Å²) >= 11 is 0. The number of aromatic nitrogens is 3. The van der Waals surface area contributed by atoms with E-state index in [1.165, 1.54) is 11.1 Å². The second-order valence-corrected chi connectivity index (χ2v) is 5.71. The van der Waals surface area contributed by atoms with Crippen LogP contribution < -0.4 is 0 Å². The van der Waals surface area contributed by atoms with Gasteiger partial charge in [-0.3, -0.25) is 9.67 Å². The molecule has 4 aromatic rings. The van der Waals surface area contributed by atoms with Crippen molar-refractivity contribution in [3.8, 4) is 22.4 Å². The highest BCUT2D eigenvalue weighted by Crippen LogP contribution is 2.25. The van der Waals surface area contributed by atoms with Crippen LogP contribution in [0.25, 0.3) is 22.4 Å². The molecule has 0 amide bonds. The Morgan fingerprint density at radius 1 is 0.750 bits per heavy atom. The van der Waals surface area contributed by atoms with E-state index in [-0.39, 0.29) is 0 Å². The molecule has 0 aliphatic rings. The molecule has 0 atom stereocenters. The molecule has 2 aromatic heterocycles. The normalized spacial score (nSPS) is 10.7. The Kier molecular flexibility index (Phi) is 3.90. The van der Waals surface area contributed by atoms with Crippen LogP contribution >= 0.6 is 0 Å². The molecule has 2 aromatic carbocycles. The highest BCUT2D eigenvalue weighted by Gasteiger charge is 2.05. The van der Waals surface area contributed by atoms with Gasteiger partial charge in [0.1, 0.15) is 0 Å². The number of hydrogen-bond donors (Lipinski definition) is 0. The predicted octanol–water partition coefficient (Wildman–Crippen LogP) is 4.66. The number of rotatable bonds is 4. The zero-order valence-electron chi connectivity index (χ0n) is 13.2. The maximum atomic E-state index is 4.70. The lowest BCUT2D eigenvalue weighted by Gasteiger charge is -2.04. The van der Waals surface area contributed by atoms with Gasteiger partial charge >= 0.3 is 0 Å². The molecule has 0 radical (unpaired) electrons. The Bertz CT molecular complexity index is 927. The molecule has 0 bridgehead atoms. The molecule has 0 saturated heterocycles. The average molecular weight is 311 g/mol. The fourth-order valence-electron chi connectivity index (χ4n) is 2.77. The zero-order chi connectivity index (χ0) is 16.2. The Hall–Kier alpha value is -3.20. The Morgan fingerprint density at radius 2 is 1.58 bits per heavy atom. The molecular formula is C21H17N3. The van der Waals surface area contributed by atoms with Crippen LogP contribution in [0.15, 0.2) is 91.4 Å². The largest absolute Gasteiger partial charge is 0.268 e. The molecule has 0 aliphatic carbocycles. The summed E-state index contributed by atoms with van der Waals surface area (Å²) in [4.78, 5) is 4.15. The molecular weight excluding hydrogens is 294 g/mol. The zero-order valence-corrected chi connectivity index (χ0v) is 13.2. The van der Waals surface area contributed by atoms with E-state index in [1.54, 1.807) is 6.20 Å². The number of hydrogen-bond acceptors (Lipinski definition) is 2. The molecule has 0 saturated carbocycles. The van der Waals surface area contributed by atoms with Crippen LogP contribution in [0.1, 0.15) is 5.56 Å². The Balaban J connectivity index is 1.61. The maximum absolute atomic E-state index is 4.70. The molecule has 0 aliphatic heterocycles. The van der Waals surface area contributed by atoms with E-state index in [0.29, 0.717) is 0 Å². The summed E-state index contributed by atoms with van der Waals surface area (Å²) in [7, 11) is 0. The Labute approximate surface area is 141 Å². The predicted molar refractivity (Wildman–Crippen MR) is 96.4 cm³/mol. The molecule has 0 spiro atoms. The number of benzene rings is 2. The van der Waals surface area contributed by atoms with E-state index in [9.17, 15) is 0 Å². The molecule has 0 fully saturated rings. The van der Waals surface area contributed by atoms with E-state index < -0.39 is 0 Å². The minimum Gasteiger partial charge on any atom is -0.268 e. The van der Waals surface area contributed by atoms with Gasteiger partial charge in [0, 0.05) is 24.2 Å². The smallest absolute Gasteiger partial charge is 0.0923 e. The van der Waals surface area contributed by atoms with E-state index in [1.807, 2.05) is 29.2 Å². The Morgan fingerprint density at radius 3 is 2.42 bits per heavy atom. The first kappa shape index (κ1) is 14.4. The fraction of sp³-hybridized carbons (Fsp3) is 0.0476. The summed E-state index contributed by atoms with van der Waals surface area (Å²) in [6, 6.07) is 25.0. The van der Waals surface area contributed by atoms with Crippen molar-refractivity contribution in [2.75, 3.05) is 0 Å². The van der Waals surface area contributed by atoms with Crippen LogP contribution in [0.2, 0.25) is 0 Å². The van der Waals surface area contributed by atoms with Crippen molar-refractivity contribution in [1.29, 1.82) is 0 Å². The van der Waals surface area contributed by atoms with Gasteiger partial charge in [0.25, 0.3) is 0 Å². The van der Waals surface area contributed by atoms with Crippen molar-refractivity contribution < 1.29 is 0 Å². The second-order valence-electron chi connectivity index (χ2n) is 5.71. The second kappa shape index (κ2) is 6.50. The van der Waals surface area contributed by atoms with Crippen molar-refractivity contribution in [2.24, 2.45) is 0 Å². The third kappa shape index (κ3) is 3.10. The maximum Gasteiger partial charge on any atom is 0.0923 e. The van der Waals surface area contributed by atoms with Crippen LogP contribution in [-0.2, 0) is 6.54 Å².